The Balaban J connectivity index is 0.828. The molecular weight excluding hydrogens is 1310 g/mol. The second kappa shape index (κ2) is 28.3. The summed E-state index contributed by atoms with van der Waals surface area (Å²) in [5, 5.41) is 36.8. The van der Waals surface area contributed by atoms with Gasteiger partial charge < -0.3 is 23.8 Å². The van der Waals surface area contributed by atoms with Crippen LogP contribution >= 0.6 is 11.3 Å². The molecule has 3 aliphatic rings. The van der Waals surface area contributed by atoms with E-state index >= 15 is 13.2 Å². The van der Waals surface area contributed by atoms with Crippen molar-refractivity contribution >= 4 is 64.1 Å². The molecule has 102 heavy (non-hydrogen) atoms. The standard InChI is InChI=1S/C89H71F3N4O4SSi/c1-61-52-79-77(62(2)54-86(3,4)96(79)58-63-40-47-76(48-41-63)102(73-34-20-9-21-35-73,74-36-22-10-23-37-74)75-38-24-11-25-39-75)53-66(61)44-50-82-85-84(97-59-72(99-85)60-98-87(68-28-14-6-15-29-68,69-30-16-7-17-31-69)70-32-18-8-19-33-70)81(101-82)51-49-80-78(57-95)83(67(55-93)56-94)88(100-80,89(90,91)92)71-45-42-65(43-46-71)64-26-12-5-13-27-64/h5-53,62,72H,54,58-60H2,1-4H3/b50-44+,51-49+. The average molecular weight is 1380 g/mol. The molecule has 3 atom stereocenters. The van der Waals surface area contributed by atoms with Crippen molar-refractivity contribution < 1.29 is 32.1 Å². The Morgan fingerprint density at radius 3 is 1.59 bits per heavy atom. The lowest BCUT2D eigenvalue weighted by Gasteiger charge is -2.48. The fraction of sp³-hybridized carbons (Fsp3) is 0.157. The maximum atomic E-state index is 16.2. The summed E-state index contributed by atoms with van der Waals surface area (Å²) in [7, 11) is -2.74. The van der Waals surface area contributed by atoms with E-state index in [1.165, 1.54) is 85.3 Å². The number of allylic oxidation sites excluding steroid dienone is 2. The number of anilines is 1. The molecule has 4 heterocycles. The number of halogens is 3. The lowest BCUT2D eigenvalue weighted by molar-refractivity contribution is -0.249. The molecule has 13 heteroatoms. The number of thiophene rings is 1. The van der Waals surface area contributed by atoms with E-state index in [9.17, 15) is 15.8 Å². The number of aryl methyl sites for hydroxylation is 1. The van der Waals surface area contributed by atoms with Gasteiger partial charge in [0.1, 0.15) is 47.3 Å². The van der Waals surface area contributed by atoms with E-state index in [0.717, 1.165) is 39.8 Å². The van der Waals surface area contributed by atoms with E-state index < -0.39 is 59.6 Å². The quantitative estimate of drug-likeness (QED) is 0.0474. The third kappa shape index (κ3) is 12.3. The molecule has 11 aromatic rings. The van der Waals surface area contributed by atoms with Crippen LogP contribution in [0, 0.1) is 40.9 Å². The van der Waals surface area contributed by atoms with Gasteiger partial charge in [-0.05, 0) is 134 Å². The van der Waals surface area contributed by atoms with Crippen molar-refractivity contribution in [2.75, 3.05) is 18.1 Å². The van der Waals surface area contributed by atoms with E-state index in [0.29, 0.717) is 33.4 Å². The lowest BCUT2D eigenvalue weighted by atomic mass is 9.78. The van der Waals surface area contributed by atoms with Gasteiger partial charge >= 0.3 is 6.18 Å². The Morgan fingerprint density at radius 2 is 1.08 bits per heavy atom. The first-order valence-electron chi connectivity index (χ1n) is 34.0. The predicted octanol–water partition coefficient (Wildman–Crippen LogP) is 18.3. The second-order valence-corrected chi connectivity index (χ2v) is 31.6. The highest BCUT2D eigenvalue weighted by atomic mass is 32.1. The van der Waals surface area contributed by atoms with Gasteiger partial charge in [0.15, 0.2) is 25.7 Å². The molecular formula is C89H71F3N4O4SSi. The Labute approximate surface area is 598 Å². The Kier molecular flexibility index (Phi) is 18.7. The first-order valence-corrected chi connectivity index (χ1v) is 36.9. The van der Waals surface area contributed by atoms with Crippen LogP contribution in [-0.4, -0.2) is 39.1 Å². The van der Waals surface area contributed by atoms with Gasteiger partial charge in [-0.1, -0.05) is 274 Å². The van der Waals surface area contributed by atoms with Crippen molar-refractivity contribution in [3.05, 3.63) is 356 Å². The predicted molar refractivity (Wildman–Crippen MR) is 403 cm³/mol. The van der Waals surface area contributed by atoms with Gasteiger partial charge in [0, 0.05) is 23.3 Å². The van der Waals surface area contributed by atoms with Crippen molar-refractivity contribution in [1.82, 2.24) is 0 Å². The number of hydrogen-bond acceptors (Lipinski definition) is 9. The van der Waals surface area contributed by atoms with Crippen LogP contribution in [0.4, 0.5) is 18.9 Å². The maximum absolute atomic E-state index is 16.2. The normalized spacial score (nSPS) is 17.2. The van der Waals surface area contributed by atoms with Crippen LogP contribution in [0.25, 0.3) is 29.4 Å². The molecule has 10 aromatic carbocycles. The number of rotatable bonds is 18. The Morgan fingerprint density at radius 1 is 0.598 bits per heavy atom. The van der Waals surface area contributed by atoms with Crippen LogP contribution in [0.15, 0.2) is 302 Å². The number of fused-ring (bicyclic) bond motifs is 2. The van der Waals surface area contributed by atoms with Gasteiger partial charge in [-0.3, -0.25) is 0 Å². The van der Waals surface area contributed by atoms with Gasteiger partial charge in [-0.25, -0.2) is 0 Å². The van der Waals surface area contributed by atoms with Crippen LogP contribution < -0.4 is 35.1 Å². The SMILES string of the molecule is Cc1cc2c(cc1/C=C/c1sc(/C=C/C3=C(C#N)C(=C(C#N)C#N)C(c4ccc(-c5ccccc5)cc4)(C(F)(F)F)O3)c3c1OC(COC(c1ccccc1)(c1ccccc1)c1ccccc1)CO3)C(C)CC(C)(C)N2Cc1ccc([Si](c2ccccc2)(c2ccccc2)c2ccccc2)cc1. The minimum absolute atomic E-state index is 0.0257. The monoisotopic (exact) mass is 1380 g/mol. The molecule has 0 N–H and O–H groups in total. The summed E-state index contributed by atoms with van der Waals surface area (Å²) in [5.74, 6) is 0.425. The van der Waals surface area contributed by atoms with E-state index in [4.69, 9.17) is 18.9 Å². The Bertz CT molecular complexity index is 4920. The molecule has 0 saturated heterocycles. The molecule has 8 nitrogen and oxygen atoms in total. The molecule has 1 aromatic heterocycles. The van der Waals surface area contributed by atoms with Gasteiger partial charge in [0.25, 0.3) is 5.60 Å². The molecule has 0 radical (unpaired) electrons. The molecule has 502 valence electrons. The zero-order valence-electron chi connectivity index (χ0n) is 56.7. The minimum Gasteiger partial charge on any atom is -0.484 e. The first-order chi connectivity index (χ1) is 49.6. The summed E-state index contributed by atoms with van der Waals surface area (Å²) >= 11 is 1.29. The zero-order chi connectivity index (χ0) is 70.6. The molecule has 0 amide bonds. The van der Waals surface area contributed by atoms with E-state index in [2.05, 4.69) is 202 Å². The van der Waals surface area contributed by atoms with Crippen LogP contribution in [0.2, 0.25) is 0 Å². The zero-order valence-corrected chi connectivity index (χ0v) is 58.6. The van der Waals surface area contributed by atoms with Crippen molar-refractivity contribution in [3.63, 3.8) is 0 Å². The maximum Gasteiger partial charge on any atom is 0.437 e. The largest absolute Gasteiger partial charge is 0.484 e. The van der Waals surface area contributed by atoms with Crippen LogP contribution in [0.1, 0.15) is 87.4 Å². The molecule has 0 saturated carbocycles. The molecule has 0 fully saturated rings. The average Bonchev–Trinajstić information content (AvgIpc) is 1.46. The minimum atomic E-state index is -5.28. The van der Waals surface area contributed by atoms with E-state index in [1.54, 1.807) is 12.1 Å². The third-order valence-electron chi connectivity index (χ3n) is 20.0. The van der Waals surface area contributed by atoms with Gasteiger partial charge in [0.2, 0.25) is 0 Å². The van der Waals surface area contributed by atoms with Crippen LogP contribution in [-0.2, 0) is 27.2 Å². The molecule has 0 bridgehead atoms. The van der Waals surface area contributed by atoms with E-state index in [-0.39, 0.29) is 24.7 Å². The van der Waals surface area contributed by atoms with Crippen molar-refractivity contribution in [2.45, 2.75) is 75.6 Å². The topological polar surface area (TPSA) is 112 Å². The van der Waals surface area contributed by atoms with Gasteiger partial charge in [-0.2, -0.15) is 29.0 Å². The highest BCUT2D eigenvalue weighted by molar-refractivity contribution is 7.20. The fourth-order valence-corrected chi connectivity index (χ4v) is 21.0. The van der Waals surface area contributed by atoms with Crippen molar-refractivity contribution in [2.24, 2.45) is 0 Å². The molecule has 0 aliphatic carbocycles. The van der Waals surface area contributed by atoms with Crippen molar-refractivity contribution in [3.8, 4) is 40.8 Å². The number of ether oxygens (including phenoxy) is 4. The number of nitriles is 3. The third-order valence-corrected chi connectivity index (χ3v) is 25.9. The molecule has 0 spiro atoms. The van der Waals surface area contributed by atoms with Crippen molar-refractivity contribution in [1.29, 1.82) is 15.8 Å². The molecule has 3 aliphatic heterocycles. The van der Waals surface area contributed by atoms with Crippen LogP contribution in [0.5, 0.6) is 11.5 Å². The number of benzene rings is 10. The Hall–Kier alpha value is -11.5. The number of nitrogens with zero attached hydrogens (tertiary/aromatic N) is 4. The summed E-state index contributed by atoms with van der Waals surface area (Å²) in [6.45, 7) is 9.86. The molecule has 14 rings (SSSR count). The van der Waals surface area contributed by atoms with Gasteiger partial charge in [0.05, 0.1) is 21.9 Å². The van der Waals surface area contributed by atoms with Crippen LogP contribution in [0.3, 0.4) is 0 Å². The summed E-state index contributed by atoms with van der Waals surface area (Å²) in [5.41, 5.74) is 2.19. The number of alkyl halides is 3. The smallest absolute Gasteiger partial charge is 0.437 e. The first kappa shape index (κ1) is 67.7. The summed E-state index contributed by atoms with van der Waals surface area (Å²) in [6, 6.07) is 96.8. The summed E-state index contributed by atoms with van der Waals surface area (Å²) < 4.78 is 75.9. The van der Waals surface area contributed by atoms with Gasteiger partial charge in [-0.15, -0.1) is 11.3 Å². The summed E-state index contributed by atoms with van der Waals surface area (Å²) in [6.07, 6.45) is 1.82. The lowest BCUT2D eigenvalue weighted by Crippen LogP contribution is -2.74. The highest BCUT2D eigenvalue weighted by Crippen LogP contribution is 2.58. The second-order valence-electron chi connectivity index (χ2n) is 26.7. The summed E-state index contributed by atoms with van der Waals surface area (Å²) in [4.78, 5) is 3.65. The molecule has 3 unspecified atom stereocenters. The highest BCUT2D eigenvalue weighted by Gasteiger charge is 2.66. The van der Waals surface area contributed by atoms with E-state index in [1.807, 2.05) is 97.1 Å². The number of hydrogen-bond donors (Lipinski definition) is 0. The fourth-order valence-electron chi connectivity index (χ4n) is 15.2.